The van der Waals surface area contributed by atoms with Gasteiger partial charge in [0.05, 0.1) is 0 Å². The average Bonchev–Trinajstić information content (AvgIpc) is 2.88. The molecule has 0 fully saturated rings. The molecule has 198 valence electrons. The predicted molar refractivity (Wildman–Crippen MR) is 162 cm³/mol. The molecule has 5 nitrogen and oxygen atoms in total. The molecule has 0 atom stereocenters. The lowest BCUT2D eigenvalue weighted by Gasteiger charge is -2.38. The Kier molecular flexibility index (Phi) is 7.74. The maximum atomic E-state index is 13.7. The van der Waals surface area contributed by atoms with Crippen LogP contribution in [0.4, 0.5) is 5.69 Å². The maximum absolute atomic E-state index is 13.7. The minimum Gasteiger partial charge on any atom is -0.378 e. The summed E-state index contributed by atoms with van der Waals surface area (Å²) in [5, 5.41) is 2.78. The third kappa shape index (κ3) is 5.10. The average molecular weight is 527 g/mol. The van der Waals surface area contributed by atoms with Gasteiger partial charge in [-0.25, -0.2) is 4.58 Å². The lowest BCUT2D eigenvalue weighted by molar-refractivity contribution is -0.462. The molecule has 38 heavy (non-hydrogen) atoms. The van der Waals surface area contributed by atoms with Crippen molar-refractivity contribution in [2.24, 2.45) is 0 Å². The van der Waals surface area contributed by atoms with E-state index in [9.17, 15) is 9.59 Å². The third-order valence-corrected chi connectivity index (χ3v) is 11.2. The second-order valence-corrected chi connectivity index (χ2v) is 15.7. The van der Waals surface area contributed by atoms with Crippen molar-refractivity contribution in [3.63, 3.8) is 0 Å². The zero-order valence-corrected chi connectivity index (χ0v) is 25.1. The Morgan fingerprint density at radius 2 is 1.66 bits per heavy atom. The highest BCUT2D eigenvalue weighted by atomic mass is 28.3. The van der Waals surface area contributed by atoms with Gasteiger partial charge in [0.15, 0.2) is 5.71 Å². The number of allylic oxidation sites excluding steroid dienone is 5. The van der Waals surface area contributed by atoms with Crippen LogP contribution in [-0.2, 0) is 4.79 Å². The third-order valence-electron chi connectivity index (χ3n) is 7.72. The highest BCUT2D eigenvalue weighted by Gasteiger charge is 2.41. The Morgan fingerprint density at radius 3 is 2.32 bits per heavy atom. The first-order chi connectivity index (χ1) is 17.9. The van der Waals surface area contributed by atoms with E-state index >= 15 is 0 Å². The summed E-state index contributed by atoms with van der Waals surface area (Å²) in [4.78, 5) is 29.1. The summed E-state index contributed by atoms with van der Waals surface area (Å²) in [6.45, 7) is 7.01. The molecule has 0 N–H and O–H groups in total. The van der Waals surface area contributed by atoms with Gasteiger partial charge in [-0.1, -0.05) is 37.4 Å². The van der Waals surface area contributed by atoms with Crippen LogP contribution in [0.2, 0.25) is 13.1 Å². The summed E-state index contributed by atoms with van der Waals surface area (Å²) >= 11 is 0. The second-order valence-electron chi connectivity index (χ2n) is 11.3. The number of fused-ring (bicyclic) bond motifs is 2. The quantitative estimate of drug-likeness (QED) is 0.389. The van der Waals surface area contributed by atoms with Crippen molar-refractivity contribution in [3.05, 3.63) is 88.2 Å². The summed E-state index contributed by atoms with van der Waals surface area (Å²) in [7, 11) is 8.10. The number of ketones is 1. The van der Waals surface area contributed by atoms with Crippen LogP contribution in [-0.4, -0.2) is 76.7 Å². The van der Waals surface area contributed by atoms with E-state index in [4.69, 9.17) is 0 Å². The maximum Gasteiger partial charge on any atom is 0.254 e. The van der Waals surface area contributed by atoms with Crippen LogP contribution in [0.5, 0.6) is 0 Å². The van der Waals surface area contributed by atoms with Crippen LogP contribution < -0.4 is 10.1 Å². The molecular formula is C32H40N3O2Si+. The van der Waals surface area contributed by atoms with Gasteiger partial charge in [0, 0.05) is 57.5 Å². The standard InChI is InChI=1S/C32H40N3O2Si/c1-22(36)12-11-19-35(6)32(37)26-14-10-9-13-25(26)31-27-17-15-23(33(2)3)20-29(27)38(7,8)30-21-24(34(4)5)16-18-28(30)31/h9-10,13-18,20-21H,11-12,19H2,1-8H3/q+1. The molecule has 2 aromatic rings. The van der Waals surface area contributed by atoms with Crippen molar-refractivity contribution in [3.8, 4) is 0 Å². The van der Waals surface area contributed by atoms with Crippen LogP contribution in [0.25, 0.3) is 5.57 Å². The summed E-state index contributed by atoms with van der Waals surface area (Å²) in [5.41, 5.74) is 7.58. The first kappa shape index (κ1) is 27.5. The topological polar surface area (TPSA) is 43.6 Å². The SMILES string of the molecule is CC(=O)CCCN(C)C(=O)c1ccccc1C1=C2C=CC(=[N+](C)C)C=C2[Si](C)(C)c2cc(N(C)C)ccc21. The molecule has 1 aliphatic heterocycles. The van der Waals surface area contributed by atoms with Gasteiger partial charge in [-0.05, 0) is 70.3 Å². The molecule has 1 aliphatic carbocycles. The zero-order chi connectivity index (χ0) is 27.8. The normalized spacial score (nSPS) is 15.5. The van der Waals surface area contributed by atoms with Gasteiger partial charge in [0.25, 0.3) is 5.91 Å². The molecule has 1 heterocycles. The van der Waals surface area contributed by atoms with Crippen molar-refractivity contribution in [2.45, 2.75) is 32.9 Å². The number of rotatable bonds is 7. The highest BCUT2D eigenvalue weighted by Crippen LogP contribution is 2.42. The summed E-state index contributed by atoms with van der Waals surface area (Å²) in [6.07, 6.45) is 7.93. The molecule has 0 aromatic heterocycles. The second kappa shape index (κ2) is 10.7. The Bertz CT molecular complexity index is 1420. The first-order valence-corrected chi connectivity index (χ1v) is 16.3. The summed E-state index contributed by atoms with van der Waals surface area (Å²) in [5.74, 6) is 0.134. The molecule has 0 unspecified atom stereocenters. The lowest BCUT2D eigenvalue weighted by atomic mass is 9.87. The number of carbonyl (C=O) groups excluding carboxylic acids is 2. The van der Waals surface area contributed by atoms with Crippen LogP contribution in [0.3, 0.4) is 0 Å². The van der Waals surface area contributed by atoms with E-state index in [1.54, 1.807) is 11.8 Å². The molecule has 4 rings (SSSR count). The van der Waals surface area contributed by atoms with Crippen molar-refractivity contribution in [1.82, 2.24) is 4.90 Å². The van der Waals surface area contributed by atoms with E-state index in [0.29, 0.717) is 24.9 Å². The summed E-state index contributed by atoms with van der Waals surface area (Å²) < 4.78 is 2.16. The van der Waals surface area contributed by atoms with Crippen molar-refractivity contribution in [2.75, 3.05) is 46.7 Å². The number of benzene rings is 2. The zero-order valence-electron chi connectivity index (χ0n) is 24.1. The van der Waals surface area contributed by atoms with Gasteiger partial charge in [-0.15, -0.1) is 0 Å². The minimum atomic E-state index is -2.06. The van der Waals surface area contributed by atoms with Crippen molar-refractivity contribution in [1.29, 1.82) is 0 Å². The van der Waals surface area contributed by atoms with E-state index in [1.807, 2.05) is 25.2 Å². The fraction of sp³-hybridized carbons (Fsp3) is 0.344. The van der Waals surface area contributed by atoms with Gasteiger partial charge in [-0.2, -0.15) is 0 Å². The van der Waals surface area contributed by atoms with E-state index in [1.165, 1.54) is 32.9 Å². The highest BCUT2D eigenvalue weighted by molar-refractivity contribution is 6.98. The fourth-order valence-electron chi connectivity index (χ4n) is 5.43. The van der Waals surface area contributed by atoms with E-state index < -0.39 is 8.07 Å². The smallest absolute Gasteiger partial charge is 0.254 e. The van der Waals surface area contributed by atoms with Crippen molar-refractivity contribution >= 4 is 41.9 Å². The van der Waals surface area contributed by atoms with Gasteiger partial charge >= 0.3 is 0 Å². The number of carbonyl (C=O) groups is 2. The predicted octanol–water partition coefficient (Wildman–Crippen LogP) is 4.67. The monoisotopic (exact) mass is 526 g/mol. The number of hydrogen-bond donors (Lipinski definition) is 0. The van der Waals surface area contributed by atoms with E-state index in [-0.39, 0.29) is 11.7 Å². The molecule has 0 saturated heterocycles. The number of Topliss-reactive ketones (excluding diaryl/α,β-unsaturated/α-hetero) is 1. The Labute approximate surface area is 228 Å². The Hall–Kier alpha value is -3.51. The van der Waals surface area contributed by atoms with Crippen LogP contribution in [0.15, 0.2) is 71.5 Å². The molecule has 2 aliphatic rings. The van der Waals surface area contributed by atoms with Crippen LogP contribution >= 0.6 is 0 Å². The molecule has 0 radical (unpaired) electrons. The van der Waals surface area contributed by atoms with Gasteiger partial charge in [0.2, 0.25) is 0 Å². The van der Waals surface area contributed by atoms with Gasteiger partial charge < -0.3 is 14.6 Å². The van der Waals surface area contributed by atoms with Crippen LogP contribution in [0.1, 0.15) is 41.3 Å². The largest absolute Gasteiger partial charge is 0.378 e. The fourth-order valence-corrected chi connectivity index (χ4v) is 8.50. The molecule has 2 aromatic carbocycles. The first-order valence-electron chi connectivity index (χ1n) is 13.3. The molecule has 0 bridgehead atoms. The van der Waals surface area contributed by atoms with Gasteiger partial charge in [0.1, 0.15) is 28.0 Å². The molecule has 0 spiro atoms. The number of nitrogens with zero attached hydrogens (tertiary/aromatic N) is 3. The van der Waals surface area contributed by atoms with Crippen molar-refractivity contribution < 1.29 is 14.2 Å². The Balaban J connectivity index is 1.94. The van der Waals surface area contributed by atoms with E-state index in [2.05, 4.69) is 93.3 Å². The molecule has 6 heteroatoms. The van der Waals surface area contributed by atoms with Crippen LogP contribution in [0, 0.1) is 0 Å². The minimum absolute atomic E-state index is 0.0170. The summed E-state index contributed by atoms with van der Waals surface area (Å²) in [6, 6.07) is 14.8. The number of hydrogen-bond acceptors (Lipinski definition) is 3. The number of anilines is 1. The van der Waals surface area contributed by atoms with Gasteiger partial charge in [-0.3, -0.25) is 4.79 Å². The molecular weight excluding hydrogens is 486 g/mol. The number of amides is 1. The van der Waals surface area contributed by atoms with E-state index in [0.717, 1.165) is 11.1 Å². The lowest BCUT2D eigenvalue weighted by Crippen LogP contribution is -2.49. The molecule has 1 amide bonds. The molecule has 0 saturated carbocycles. The Morgan fingerprint density at radius 1 is 0.947 bits per heavy atom.